The molecule has 0 saturated carbocycles. The van der Waals surface area contributed by atoms with Gasteiger partial charge >= 0.3 is 0 Å². The van der Waals surface area contributed by atoms with Crippen LogP contribution in [0.25, 0.3) is 0 Å². The van der Waals surface area contributed by atoms with Gasteiger partial charge in [-0.1, -0.05) is 23.7 Å². The SMILES string of the molecule is COc1cccc(Cn2nccc2NC(=O)c2cc(Cl)ccn2)c1OC. The predicted molar refractivity (Wildman–Crippen MR) is 98.1 cm³/mol. The second kappa shape index (κ2) is 7.88. The first-order valence-corrected chi connectivity index (χ1v) is 8.14. The van der Waals surface area contributed by atoms with Gasteiger partial charge in [0.2, 0.25) is 0 Å². The van der Waals surface area contributed by atoms with Crippen LogP contribution in [0.3, 0.4) is 0 Å². The number of methoxy groups -OCH3 is 2. The van der Waals surface area contributed by atoms with Crippen molar-refractivity contribution < 1.29 is 14.3 Å². The number of nitrogens with zero attached hydrogens (tertiary/aromatic N) is 3. The zero-order chi connectivity index (χ0) is 18.5. The van der Waals surface area contributed by atoms with Crippen molar-refractivity contribution in [3.63, 3.8) is 0 Å². The number of hydrogen-bond acceptors (Lipinski definition) is 5. The lowest BCUT2D eigenvalue weighted by Gasteiger charge is -2.14. The van der Waals surface area contributed by atoms with Crippen molar-refractivity contribution in [2.45, 2.75) is 6.54 Å². The Labute approximate surface area is 155 Å². The second-order valence-corrected chi connectivity index (χ2v) is 5.78. The van der Waals surface area contributed by atoms with Crippen molar-refractivity contribution in [1.82, 2.24) is 14.8 Å². The van der Waals surface area contributed by atoms with E-state index < -0.39 is 0 Å². The molecule has 3 aromatic rings. The predicted octanol–water partition coefficient (Wildman–Crippen LogP) is 3.25. The van der Waals surface area contributed by atoms with Crippen LogP contribution in [0, 0.1) is 0 Å². The minimum atomic E-state index is -0.369. The van der Waals surface area contributed by atoms with Gasteiger partial charge in [-0.05, 0) is 18.2 Å². The van der Waals surface area contributed by atoms with Gasteiger partial charge in [-0.3, -0.25) is 9.78 Å². The summed E-state index contributed by atoms with van der Waals surface area (Å²) in [5.74, 6) is 1.42. The van der Waals surface area contributed by atoms with E-state index in [1.54, 1.807) is 37.2 Å². The van der Waals surface area contributed by atoms with Crippen LogP contribution >= 0.6 is 11.6 Å². The zero-order valence-corrected chi connectivity index (χ0v) is 15.0. The molecule has 1 N–H and O–H groups in total. The lowest BCUT2D eigenvalue weighted by atomic mass is 10.2. The van der Waals surface area contributed by atoms with Gasteiger partial charge in [0, 0.05) is 22.8 Å². The molecule has 0 aliphatic rings. The van der Waals surface area contributed by atoms with E-state index in [4.69, 9.17) is 21.1 Å². The van der Waals surface area contributed by atoms with Gasteiger partial charge in [-0.25, -0.2) is 4.68 Å². The number of pyridine rings is 1. The Hall–Kier alpha value is -3.06. The standard InChI is InChI=1S/C18H17ClN4O3/c1-25-15-5-3-4-12(17(15)26-2)11-23-16(7-9-21-23)22-18(24)14-10-13(19)6-8-20-14/h3-10H,11H2,1-2H3,(H,22,24). The molecule has 2 heterocycles. The van der Waals surface area contributed by atoms with Gasteiger partial charge in [-0.2, -0.15) is 5.10 Å². The molecule has 8 heteroatoms. The summed E-state index contributed by atoms with van der Waals surface area (Å²) < 4.78 is 12.4. The van der Waals surface area contributed by atoms with Gasteiger partial charge in [0.15, 0.2) is 11.5 Å². The highest BCUT2D eigenvalue weighted by Gasteiger charge is 2.14. The molecule has 3 rings (SSSR count). The number of para-hydroxylation sites is 1. The van der Waals surface area contributed by atoms with Gasteiger partial charge in [0.1, 0.15) is 11.5 Å². The Bertz CT molecular complexity index is 926. The monoisotopic (exact) mass is 372 g/mol. The number of nitrogens with one attached hydrogen (secondary N) is 1. The van der Waals surface area contributed by atoms with Crippen LogP contribution in [0.15, 0.2) is 48.8 Å². The van der Waals surface area contributed by atoms with E-state index in [1.807, 2.05) is 18.2 Å². The van der Waals surface area contributed by atoms with Crippen LogP contribution in [0.1, 0.15) is 16.1 Å². The van der Waals surface area contributed by atoms with Gasteiger partial charge in [0.25, 0.3) is 5.91 Å². The summed E-state index contributed by atoms with van der Waals surface area (Å²) in [4.78, 5) is 16.4. The molecule has 0 bridgehead atoms. The number of hydrogen-bond donors (Lipinski definition) is 1. The molecular weight excluding hydrogens is 356 g/mol. The first-order chi connectivity index (χ1) is 12.6. The normalized spacial score (nSPS) is 10.4. The fourth-order valence-corrected chi connectivity index (χ4v) is 2.67. The third-order valence-corrected chi connectivity index (χ3v) is 3.95. The highest BCUT2D eigenvalue weighted by molar-refractivity contribution is 6.30. The smallest absolute Gasteiger partial charge is 0.275 e. The summed E-state index contributed by atoms with van der Waals surface area (Å²) >= 11 is 5.91. The van der Waals surface area contributed by atoms with E-state index >= 15 is 0 Å². The van der Waals surface area contributed by atoms with Gasteiger partial charge in [0.05, 0.1) is 27.0 Å². The van der Waals surface area contributed by atoms with Crippen LogP contribution in [0.5, 0.6) is 11.5 Å². The first-order valence-electron chi connectivity index (χ1n) is 7.77. The van der Waals surface area contributed by atoms with Crippen LogP contribution < -0.4 is 14.8 Å². The minimum absolute atomic E-state index is 0.226. The molecule has 2 aromatic heterocycles. The van der Waals surface area contributed by atoms with Crippen LogP contribution in [0.2, 0.25) is 5.02 Å². The Balaban J connectivity index is 1.82. The average Bonchev–Trinajstić information content (AvgIpc) is 3.08. The van der Waals surface area contributed by atoms with E-state index in [2.05, 4.69) is 15.4 Å². The number of carbonyl (C=O) groups excluding carboxylic acids is 1. The number of aromatic nitrogens is 3. The highest BCUT2D eigenvalue weighted by atomic mass is 35.5. The number of amides is 1. The van der Waals surface area contributed by atoms with Crippen molar-refractivity contribution in [3.05, 3.63) is 65.1 Å². The van der Waals surface area contributed by atoms with Gasteiger partial charge < -0.3 is 14.8 Å². The van der Waals surface area contributed by atoms with Crippen LogP contribution in [-0.2, 0) is 6.54 Å². The first kappa shape index (κ1) is 17.8. The lowest BCUT2D eigenvalue weighted by molar-refractivity contribution is 0.102. The number of halogens is 1. The Morgan fingerprint density at radius 2 is 2.04 bits per heavy atom. The number of rotatable bonds is 6. The summed E-state index contributed by atoms with van der Waals surface area (Å²) in [6.45, 7) is 0.395. The lowest BCUT2D eigenvalue weighted by Crippen LogP contribution is -2.17. The third-order valence-electron chi connectivity index (χ3n) is 3.72. The van der Waals surface area contributed by atoms with E-state index in [1.165, 1.54) is 12.3 Å². The van der Waals surface area contributed by atoms with Crippen LogP contribution in [-0.4, -0.2) is 34.9 Å². The molecular formula is C18H17ClN4O3. The molecule has 0 aliphatic carbocycles. The van der Waals surface area contributed by atoms with E-state index in [0.29, 0.717) is 28.9 Å². The topological polar surface area (TPSA) is 78.3 Å². The van der Waals surface area contributed by atoms with E-state index in [0.717, 1.165) is 5.56 Å². The van der Waals surface area contributed by atoms with E-state index in [-0.39, 0.29) is 11.6 Å². The summed E-state index contributed by atoms with van der Waals surface area (Å²) in [7, 11) is 3.16. The molecule has 0 unspecified atom stereocenters. The fraction of sp³-hybridized carbons (Fsp3) is 0.167. The largest absolute Gasteiger partial charge is 0.493 e. The maximum atomic E-state index is 12.4. The molecule has 0 aliphatic heterocycles. The average molecular weight is 373 g/mol. The molecule has 0 fully saturated rings. The molecule has 0 radical (unpaired) electrons. The molecule has 0 saturated heterocycles. The quantitative estimate of drug-likeness (QED) is 0.718. The number of carbonyl (C=O) groups is 1. The minimum Gasteiger partial charge on any atom is -0.493 e. The van der Waals surface area contributed by atoms with Crippen molar-refractivity contribution in [2.24, 2.45) is 0 Å². The molecule has 1 amide bonds. The molecule has 134 valence electrons. The number of anilines is 1. The van der Waals surface area contributed by atoms with Crippen molar-refractivity contribution >= 4 is 23.3 Å². The maximum absolute atomic E-state index is 12.4. The molecule has 1 aromatic carbocycles. The Morgan fingerprint density at radius 1 is 1.19 bits per heavy atom. The summed E-state index contributed by atoms with van der Waals surface area (Å²) in [5.41, 5.74) is 1.09. The number of ether oxygens (including phenoxy) is 2. The van der Waals surface area contributed by atoms with Crippen molar-refractivity contribution in [1.29, 1.82) is 0 Å². The number of benzene rings is 1. The van der Waals surface area contributed by atoms with E-state index in [9.17, 15) is 4.79 Å². The molecule has 7 nitrogen and oxygen atoms in total. The second-order valence-electron chi connectivity index (χ2n) is 5.34. The summed E-state index contributed by atoms with van der Waals surface area (Å²) in [5, 5.41) is 7.50. The molecule has 26 heavy (non-hydrogen) atoms. The van der Waals surface area contributed by atoms with Crippen molar-refractivity contribution in [3.8, 4) is 11.5 Å². The third kappa shape index (κ3) is 3.78. The Kier molecular flexibility index (Phi) is 5.38. The van der Waals surface area contributed by atoms with Crippen molar-refractivity contribution in [2.75, 3.05) is 19.5 Å². The van der Waals surface area contributed by atoms with Gasteiger partial charge in [-0.15, -0.1) is 0 Å². The molecule has 0 atom stereocenters. The fourth-order valence-electron chi connectivity index (χ4n) is 2.51. The maximum Gasteiger partial charge on any atom is 0.275 e. The summed E-state index contributed by atoms with van der Waals surface area (Å²) in [6, 6.07) is 10.4. The van der Waals surface area contributed by atoms with Crippen LogP contribution in [0.4, 0.5) is 5.82 Å². The highest BCUT2D eigenvalue weighted by Crippen LogP contribution is 2.31. The summed E-state index contributed by atoms with van der Waals surface area (Å²) in [6.07, 6.45) is 3.09. The Morgan fingerprint density at radius 3 is 2.77 bits per heavy atom. The zero-order valence-electron chi connectivity index (χ0n) is 14.3. The molecule has 0 spiro atoms.